The van der Waals surface area contributed by atoms with Crippen LogP contribution in [0, 0.1) is 6.92 Å². The van der Waals surface area contributed by atoms with Crippen LogP contribution in [0.25, 0.3) is 0 Å². The fraction of sp³-hybridized carbons (Fsp3) is 0.250. The van der Waals surface area contributed by atoms with Crippen molar-refractivity contribution in [3.05, 3.63) is 23.8 Å². The third kappa shape index (κ3) is 2.23. The van der Waals surface area contributed by atoms with Crippen molar-refractivity contribution in [2.45, 2.75) is 6.92 Å². The summed E-state index contributed by atoms with van der Waals surface area (Å²) in [7, 11) is -1.04. The minimum Gasteiger partial charge on any atom is -0.398 e. The Hall–Kier alpha value is -1.03. The van der Waals surface area contributed by atoms with Crippen molar-refractivity contribution in [2.75, 3.05) is 16.7 Å². The lowest BCUT2D eigenvalue weighted by molar-refractivity contribution is 0.690. The van der Waals surface area contributed by atoms with E-state index in [-0.39, 0.29) is 0 Å². The third-order valence-corrected chi connectivity index (χ3v) is 2.06. The summed E-state index contributed by atoms with van der Waals surface area (Å²) >= 11 is 0. The largest absolute Gasteiger partial charge is 0.398 e. The van der Waals surface area contributed by atoms with Crippen LogP contribution in [0.15, 0.2) is 18.2 Å². The standard InChI is InChI=1S/C8H12N2OS/c1-6-3-4-7(5-8(6)9)10-12(2)11/h3-5,10H,9H2,1-2H3. The molecule has 4 heteroatoms. The second-order valence-electron chi connectivity index (χ2n) is 2.63. The lowest BCUT2D eigenvalue weighted by atomic mass is 10.2. The fourth-order valence-electron chi connectivity index (χ4n) is 0.870. The van der Waals surface area contributed by atoms with E-state index in [1.165, 1.54) is 0 Å². The van der Waals surface area contributed by atoms with Crippen molar-refractivity contribution in [3.63, 3.8) is 0 Å². The van der Waals surface area contributed by atoms with Crippen LogP contribution in [-0.2, 0) is 11.0 Å². The third-order valence-electron chi connectivity index (χ3n) is 1.54. The number of benzene rings is 1. The van der Waals surface area contributed by atoms with Crippen molar-refractivity contribution in [3.8, 4) is 0 Å². The number of nitrogen functional groups attached to an aromatic ring is 1. The van der Waals surface area contributed by atoms with Crippen LogP contribution in [0.2, 0.25) is 0 Å². The second-order valence-corrected chi connectivity index (χ2v) is 3.74. The van der Waals surface area contributed by atoms with Crippen molar-refractivity contribution < 1.29 is 4.21 Å². The molecule has 0 aliphatic heterocycles. The first-order chi connectivity index (χ1) is 5.59. The zero-order valence-electron chi connectivity index (χ0n) is 7.13. The van der Waals surface area contributed by atoms with Gasteiger partial charge in [-0.05, 0) is 24.6 Å². The highest BCUT2D eigenvalue weighted by Crippen LogP contribution is 2.16. The van der Waals surface area contributed by atoms with Crippen molar-refractivity contribution in [1.29, 1.82) is 0 Å². The zero-order valence-corrected chi connectivity index (χ0v) is 7.94. The second kappa shape index (κ2) is 3.58. The maximum Gasteiger partial charge on any atom is 0.113 e. The molecule has 1 aromatic carbocycles. The number of hydrogen-bond acceptors (Lipinski definition) is 2. The molecule has 0 saturated carbocycles. The Morgan fingerprint density at radius 2 is 2.17 bits per heavy atom. The van der Waals surface area contributed by atoms with Crippen LogP contribution >= 0.6 is 0 Å². The predicted octanol–water partition coefficient (Wildman–Crippen LogP) is 1.28. The molecule has 0 amide bonds. The van der Waals surface area contributed by atoms with Gasteiger partial charge in [-0.2, -0.15) is 0 Å². The highest BCUT2D eigenvalue weighted by Gasteiger charge is 1.96. The van der Waals surface area contributed by atoms with E-state index in [2.05, 4.69) is 4.72 Å². The quantitative estimate of drug-likeness (QED) is 0.680. The molecule has 1 unspecified atom stereocenters. The van der Waals surface area contributed by atoms with Crippen LogP contribution in [-0.4, -0.2) is 10.5 Å². The van der Waals surface area contributed by atoms with E-state index >= 15 is 0 Å². The molecule has 0 spiro atoms. The van der Waals surface area contributed by atoms with E-state index < -0.39 is 11.0 Å². The van der Waals surface area contributed by atoms with E-state index in [1.807, 2.05) is 19.1 Å². The Balaban J connectivity index is 2.89. The Kier molecular flexibility index (Phi) is 2.70. The molecule has 0 aromatic heterocycles. The molecule has 66 valence electrons. The van der Waals surface area contributed by atoms with E-state index in [0.29, 0.717) is 5.69 Å². The normalized spacial score (nSPS) is 12.5. The number of hydrogen-bond donors (Lipinski definition) is 2. The summed E-state index contributed by atoms with van der Waals surface area (Å²) in [6, 6.07) is 5.52. The van der Waals surface area contributed by atoms with Gasteiger partial charge in [0.2, 0.25) is 0 Å². The molecule has 0 heterocycles. The van der Waals surface area contributed by atoms with Gasteiger partial charge < -0.3 is 10.5 Å². The van der Waals surface area contributed by atoms with Crippen LogP contribution in [0.4, 0.5) is 11.4 Å². The molecular weight excluding hydrogens is 172 g/mol. The first-order valence-electron chi connectivity index (χ1n) is 3.56. The van der Waals surface area contributed by atoms with Gasteiger partial charge in [-0.15, -0.1) is 0 Å². The summed E-state index contributed by atoms with van der Waals surface area (Å²) in [5.74, 6) is 0. The topological polar surface area (TPSA) is 55.1 Å². The van der Waals surface area contributed by atoms with E-state index in [9.17, 15) is 4.21 Å². The highest BCUT2D eigenvalue weighted by molar-refractivity contribution is 7.85. The average molecular weight is 184 g/mol. The monoisotopic (exact) mass is 184 g/mol. The molecule has 3 nitrogen and oxygen atoms in total. The summed E-state index contributed by atoms with van der Waals surface area (Å²) in [5.41, 5.74) is 8.19. The molecule has 1 atom stereocenters. The number of anilines is 2. The molecular formula is C8H12N2OS. The smallest absolute Gasteiger partial charge is 0.113 e. The summed E-state index contributed by atoms with van der Waals surface area (Å²) < 4.78 is 13.5. The van der Waals surface area contributed by atoms with Gasteiger partial charge in [-0.25, -0.2) is 4.21 Å². The van der Waals surface area contributed by atoms with Gasteiger partial charge >= 0.3 is 0 Å². The van der Waals surface area contributed by atoms with Gasteiger partial charge in [0.1, 0.15) is 11.0 Å². The molecule has 0 saturated heterocycles. The number of aryl methyl sites for hydroxylation is 1. The Bertz CT molecular complexity index is 312. The van der Waals surface area contributed by atoms with Gasteiger partial charge in [0.05, 0.1) is 0 Å². The van der Waals surface area contributed by atoms with Gasteiger partial charge in [0.25, 0.3) is 0 Å². The van der Waals surface area contributed by atoms with Crippen molar-refractivity contribution in [1.82, 2.24) is 0 Å². The molecule has 3 N–H and O–H groups in total. The van der Waals surface area contributed by atoms with Crippen LogP contribution in [0.1, 0.15) is 5.56 Å². The molecule has 1 rings (SSSR count). The van der Waals surface area contributed by atoms with E-state index in [4.69, 9.17) is 5.73 Å². The number of nitrogens with one attached hydrogen (secondary N) is 1. The van der Waals surface area contributed by atoms with E-state index in [1.54, 1.807) is 12.3 Å². The summed E-state index contributed by atoms with van der Waals surface area (Å²) in [6.07, 6.45) is 1.58. The molecule has 0 fully saturated rings. The maximum absolute atomic E-state index is 10.8. The lowest BCUT2D eigenvalue weighted by Gasteiger charge is -2.04. The first kappa shape index (κ1) is 9.06. The Labute approximate surface area is 74.6 Å². The van der Waals surface area contributed by atoms with Gasteiger partial charge in [0.15, 0.2) is 0 Å². The molecule has 0 bridgehead atoms. The predicted molar refractivity (Wildman–Crippen MR) is 53.3 cm³/mol. The van der Waals surface area contributed by atoms with Crippen molar-refractivity contribution in [2.24, 2.45) is 0 Å². The minimum absolute atomic E-state index is 0.713. The first-order valence-corrected chi connectivity index (χ1v) is 5.11. The molecule has 0 aliphatic rings. The van der Waals surface area contributed by atoms with Crippen LogP contribution in [0.5, 0.6) is 0 Å². The van der Waals surface area contributed by atoms with E-state index in [0.717, 1.165) is 11.3 Å². The minimum atomic E-state index is -1.04. The number of nitrogens with two attached hydrogens (primary N) is 1. The molecule has 0 radical (unpaired) electrons. The van der Waals surface area contributed by atoms with Crippen molar-refractivity contribution >= 4 is 22.4 Å². The van der Waals surface area contributed by atoms with Crippen LogP contribution < -0.4 is 10.5 Å². The molecule has 12 heavy (non-hydrogen) atoms. The highest BCUT2D eigenvalue weighted by atomic mass is 32.2. The molecule has 1 aromatic rings. The SMILES string of the molecule is Cc1ccc(NS(C)=O)cc1N. The molecule has 0 aliphatic carbocycles. The Morgan fingerprint density at radius 3 is 2.67 bits per heavy atom. The fourth-order valence-corrected chi connectivity index (χ4v) is 1.33. The lowest BCUT2D eigenvalue weighted by Crippen LogP contribution is -2.01. The summed E-state index contributed by atoms with van der Waals surface area (Å²) in [6.45, 7) is 1.93. The van der Waals surface area contributed by atoms with Crippen LogP contribution in [0.3, 0.4) is 0 Å². The number of rotatable bonds is 2. The zero-order chi connectivity index (χ0) is 9.14. The van der Waals surface area contributed by atoms with Gasteiger partial charge in [-0.1, -0.05) is 6.07 Å². The average Bonchev–Trinajstić information content (AvgIpc) is 1.96. The van der Waals surface area contributed by atoms with Gasteiger partial charge in [0, 0.05) is 17.6 Å². The summed E-state index contributed by atoms with van der Waals surface area (Å²) in [5, 5.41) is 0. The Morgan fingerprint density at radius 1 is 1.50 bits per heavy atom. The van der Waals surface area contributed by atoms with Gasteiger partial charge in [-0.3, -0.25) is 0 Å². The summed E-state index contributed by atoms with van der Waals surface area (Å²) in [4.78, 5) is 0. The maximum atomic E-state index is 10.8.